The normalized spacial score (nSPS) is 25.8. The molecule has 0 amide bonds. The number of hydrogen-bond donors (Lipinski definition) is 2. The lowest BCUT2D eigenvalue weighted by Crippen LogP contribution is -2.42. The van der Waals surface area contributed by atoms with E-state index in [0.717, 1.165) is 5.56 Å². The highest BCUT2D eigenvalue weighted by Crippen LogP contribution is 2.19. The molecule has 20 heavy (non-hydrogen) atoms. The summed E-state index contributed by atoms with van der Waals surface area (Å²) in [6, 6.07) is 3.88. The van der Waals surface area contributed by atoms with E-state index in [1.165, 1.54) is 6.07 Å². The summed E-state index contributed by atoms with van der Waals surface area (Å²) in [5.41, 5.74) is 1.51. The van der Waals surface area contributed by atoms with Gasteiger partial charge in [-0.2, -0.15) is 0 Å². The molecule has 112 valence electrons. The third-order valence-corrected chi connectivity index (χ3v) is 6.62. The van der Waals surface area contributed by atoms with Gasteiger partial charge in [-0.1, -0.05) is 17.7 Å². The van der Waals surface area contributed by atoms with Crippen molar-refractivity contribution in [2.45, 2.75) is 30.9 Å². The van der Waals surface area contributed by atoms with Crippen molar-refractivity contribution in [1.82, 2.24) is 4.72 Å². The highest BCUT2D eigenvalue weighted by molar-refractivity contribution is 7.92. The molecular formula is C12H17NO5S2. The molecule has 1 aromatic carbocycles. The van der Waals surface area contributed by atoms with E-state index in [2.05, 4.69) is 4.72 Å². The predicted molar refractivity (Wildman–Crippen MR) is 74.7 cm³/mol. The monoisotopic (exact) mass is 319 g/mol. The number of hydrogen-bond acceptors (Lipinski definition) is 5. The number of aryl methyl sites for hydroxylation is 2. The maximum absolute atomic E-state index is 12.3. The van der Waals surface area contributed by atoms with Gasteiger partial charge in [0.2, 0.25) is 10.0 Å². The standard InChI is InChI=1S/C12H17NO5S2/c1-8-3-4-12(9(2)5-8)20(17,18)13-10-6-19(15,16)7-11(10)14/h3-5,10-11,13-14H,6-7H2,1-2H3/t10-,11-/m1/s1. The lowest BCUT2D eigenvalue weighted by molar-refractivity contribution is 0.176. The summed E-state index contributed by atoms with van der Waals surface area (Å²) in [6.07, 6.45) is -1.21. The van der Waals surface area contributed by atoms with Crippen LogP contribution in [0.4, 0.5) is 0 Å². The first kappa shape index (κ1) is 15.4. The van der Waals surface area contributed by atoms with Crippen LogP contribution in [0.5, 0.6) is 0 Å². The topological polar surface area (TPSA) is 101 Å². The number of nitrogens with one attached hydrogen (secondary N) is 1. The van der Waals surface area contributed by atoms with Gasteiger partial charge in [-0.3, -0.25) is 0 Å². The molecule has 0 aromatic heterocycles. The Morgan fingerprint density at radius 2 is 1.90 bits per heavy atom. The van der Waals surface area contributed by atoms with Crippen LogP contribution in [0.1, 0.15) is 11.1 Å². The van der Waals surface area contributed by atoms with Crippen LogP contribution in [0.3, 0.4) is 0 Å². The molecule has 1 aromatic rings. The van der Waals surface area contributed by atoms with Gasteiger partial charge in [-0.05, 0) is 25.5 Å². The van der Waals surface area contributed by atoms with Crippen LogP contribution < -0.4 is 4.72 Å². The zero-order valence-corrected chi connectivity index (χ0v) is 12.8. The number of sulfonamides is 1. The first-order valence-corrected chi connectivity index (χ1v) is 9.39. The summed E-state index contributed by atoms with van der Waals surface area (Å²) >= 11 is 0. The molecule has 0 radical (unpaired) electrons. The summed E-state index contributed by atoms with van der Waals surface area (Å²) in [5, 5.41) is 9.64. The van der Waals surface area contributed by atoms with Gasteiger partial charge in [-0.25, -0.2) is 21.6 Å². The van der Waals surface area contributed by atoms with Crippen LogP contribution in [0, 0.1) is 13.8 Å². The Hall–Kier alpha value is -0.960. The Morgan fingerprint density at radius 1 is 1.25 bits per heavy atom. The van der Waals surface area contributed by atoms with Gasteiger partial charge in [0, 0.05) is 0 Å². The number of sulfone groups is 1. The molecular weight excluding hydrogens is 302 g/mol. The zero-order chi connectivity index (χ0) is 15.1. The fraction of sp³-hybridized carbons (Fsp3) is 0.500. The van der Waals surface area contributed by atoms with E-state index in [1.807, 2.05) is 6.92 Å². The van der Waals surface area contributed by atoms with Crippen molar-refractivity contribution in [3.05, 3.63) is 29.3 Å². The van der Waals surface area contributed by atoms with Gasteiger partial charge in [0.15, 0.2) is 9.84 Å². The second-order valence-corrected chi connectivity index (χ2v) is 8.98. The van der Waals surface area contributed by atoms with Crippen LogP contribution in [0.25, 0.3) is 0 Å². The Labute approximate surface area is 118 Å². The highest BCUT2D eigenvalue weighted by Gasteiger charge is 2.39. The quantitative estimate of drug-likeness (QED) is 0.799. The molecule has 2 rings (SSSR count). The van der Waals surface area contributed by atoms with Crippen LogP contribution in [0.2, 0.25) is 0 Å². The molecule has 2 atom stereocenters. The molecule has 1 fully saturated rings. The smallest absolute Gasteiger partial charge is 0.241 e. The summed E-state index contributed by atoms with van der Waals surface area (Å²) in [4.78, 5) is 0.0968. The van der Waals surface area contributed by atoms with E-state index in [9.17, 15) is 21.9 Å². The molecule has 0 saturated carbocycles. The zero-order valence-electron chi connectivity index (χ0n) is 11.2. The van der Waals surface area contributed by atoms with Crippen LogP contribution in [0.15, 0.2) is 23.1 Å². The first-order valence-electron chi connectivity index (χ1n) is 6.09. The number of rotatable bonds is 3. The molecule has 8 heteroatoms. The summed E-state index contributed by atoms with van der Waals surface area (Å²) in [5.74, 6) is -0.786. The molecule has 1 aliphatic rings. The van der Waals surface area contributed by atoms with E-state index in [0.29, 0.717) is 5.56 Å². The van der Waals surface area contributed by atoms with Crippen LogP contribution in [-0.4, -0.2) is 45.6 Å². The molecule has 0 unspecified atom stereocenters. The molecule has 1 aliphatic heterocycles. The Bertz CT molecular complexity index is 724. The van der Waals surface area contributed by atoms with Crippen molar-refractivity contribution in [2.24, 2.45) is 0 Å². The highest BCUT2D eigenvalue weighted by atomic mass is 32.2. The third-order valence-electron chi connectivity index (χ3n) is 3.25. The SMILES string of the molecule is Cc1ccc(S(=O)(=O)N[C@@H]2CS(=O)(=O)C[C@H]2O)c(C)c1. The number of benzene rings is 1. The van der Waals surface area contributed by atoms with Crippen molar-refractivity contribution in [3.8, 4) is 0 Å². The largest absolute Gasteiger partial charge is 0.390 e. The molecule has 6 nitrogen and oxygen atoms in total. The minimum absolute atomic E-state index is 0.0968. The van der Waals surface area contributed by atoms with Gasteiger partial charge >= 0.3 is 0 Å². The number of aliphatic hydroxyl groups excluding tert-OH is 1. The second kappa shape index (κ2) is 5.10. The van der Waals surface area contributed by atoms with E-state index in [1.54, 1.807) is 19.1 Å². The van der Waals surface area contributed by atoms with E-state index in [-0.39, 0.29) is 10.6 Å². The molecule has 1 saturated heterocycles. The van der Waals surface area contributed by atoms with Crippen molar-refractivity contribution in [3.63, 3.8) is 0 Å². The van der Waals surface area contributed by atoms with Gasteiger partial charge in [0.25, 0.3) is 0 Å². The second-order valence-electron chi connectivity index (χ2n) is 5.14. The molecule has 2 N–H and O–H groups in total. The van der Waals surface area contributed by atoms with Crippen molar-refractivity contribution in [2.75, 3.05) is 11.5 Å². The maximum Gasteiger partial charge on any atom is 0.241 e. The fourth-order valence-electron chi connectivity index (χ4n) is 2.31. The Balaban J connectivity index is 2.28. The Kier molecular flexibility index (Phi) is 3.94. The fourth-order valence-corrected chi connectivity index (χ4v) is 5.65. The minimum atomic E-state index is -3.85. The lowest BCUT2D eigenvalue weighted by atomic mass is 10.2. The van der Waals surface area contributed by atoms with Crippen LogP contribution >= 0.6 is 0 Å². The minimum Gasteiger partial charge on any atom is -0.390 e. The van der Waals surface area contributed by atoms with E-state index >= 15 is 0 Å². The molecule has 0 spiro atoms. The Morgan fingerprint density at radius 3 is 2.40 bits per heavy atom. The van der Waals surface area contributed by atoms with Gasteiger partial charge in [0.1, 0.15) is 0 Å². The molecule has 0 bridgehead atoms. The average molecular weight is 319 g/mol. The van der Waals surface area contributed by atoms with E-state index in [4.69, 9.17) is 0 Å². The first-order chi connectivity index (χ1) is 9.11. The lowest BCUT2D eigenvalue weighted by Gasteiger charge is -2.16. The number of aliphatic hydroxyl groups is 1. The van der Waals surface area contributed by atoms with Crippen molar-refractivity contribution < 1.29 is 21.9 Å². The van der Waals surface area contributed by atoms with Gasteiger partial charge in [0.05, 0.1) is 28.5 Å². The molecule has 1 heterocycles. The summed E-state index contributed by atoms with van der Waals surface area (Å²) < 4.78 is 49.6. The van der Waals surface area contributed by atoms with Crippen molar-refractivity contribution >= 4 is 19.9 Å². The van der Waals surface area contributed by atoms with E-state index < -0.39 is 37.8 Å². The van der Waals surface area contributed by atoms with Crippen molar-refractivity contribution in [1.29, 1.82) is 0 Å². The maximum atomic E-state index is 12.3. The summed E-state index contributed by atoms with van der Waals surface area (Å²) in [7, 11) is -7.24. The van der Waals surface area contributed by atoms with Gasteiger partial charge < -0.3 is 5.11 Å². The van der Waals surface area contributed by atoms with Crippen LogP contribution in [-0.2, 0) is 19.9 Å². The average Bonchev–Trinajstić information content (AvgIpc) is 2.50. The third kappa shape index (κ3) is 3.20. The van der Waals surface area contributed by atoms with Gasteiger partial charge in [-0.15, -0.1) is 0 Å². The summed E-state index contributed by atoms with van der Waals surface area (Å²) in [6.45, 7) is 3.52. The predicted octanol–water partition coefficient (Wildman–Crippen LogP) is -0.260. The molecule has 0 aliphatic carbocycles.